The van der Waals surface area contributed by atoms with Gasteiger partial charge in [-0.3, -0.25) is 14.2 Å². The number of aromatic nitrogens is 2. The molecule has 1 aromatic heterocycles. The van der Waals surface area contributed by atoms with Crippen molar-refractivity contribution in [1.29, 1.82) is 0 Å². The fraction of sp³-hybridized carbons (Fsp3) is 0.375. The molecule has 174 valence electrons. The molecule has 2 aromatic carbocycles. The van der Waals surface area contributed by atoms with Gasteiger partial charge >= 0.3 is 0 Å². The lowest BCUT2D eigenvalue weighted by molar-refractivity contribution is -0.113. The molecule has 0 unspecified atom stereocenters. The number of para-hydroxylation sites is 1. The van der Waals surface area contributed by atoms with Gasteiger partial charge < -0.3 is 19.5 Å². The first-order valence-electron chi connectivity index (χ1n) is 10.8. The Morgan fingerprint density at radius 2 is 1.76 bits per heavy atom. The van der Waals surface area contributed by atoms with Crippen molar-refractivity contribution in [1.82, 2.24) is 9.55 Å². The molecule has 1 N–H and O–H groups in total. The van der Waals surface area contributed by atoms with Gasteiger partial charge in [0, 0.05) is 23.9 Å². The number of hydrogen-bond donors (Lipinski definition) is 1. The molecule has 0 atom stereocenters. The first kappa shape index (κ1) is 23.0. The Bertz CT molecular complexity index is 1200. The lowest BCUT2D eigenvalue weighted by Gasteiger charge is -2.18. The van der Waals surface area contributed by atoms with Crippen molar-refractivity contribution in [3.05, 3.63) is 46.8 Å². The minimum Gasteiger partial charge on any atom is -0.493 e. The third kappa shape index (κ3) is 4.78. The van der Waals surface area contributed by atoms with Crippen LogP contribution in [0.4, 0.5) is 5.69 Å². The van der Waals surface area contributed by atoms with Crippen LogP contribution in [0.1, 0.15) is 31.7 Å². The van der Waals surface area contributed by atoms with E-state index in [1.54, 1.807) is 16.7 Å². The molecule has 1 heterocycles. The van der Waals surface area contributed by atoms with Crippen molar-refractivity contribution in [3.8, 4) is 17.2 Å². The Kier molecular flexibility index (Phi) is 7.08. The van der Waals surface area contributed by atoms with Gasteiger partial charge in [0.05, 0.1) is 38.0 Å². The molecular weight excluding hydrogens is 442 g/mol. The average Bonchev–Trinajstić information content (AvgIpc) is 3.36. The van der Waals surface area contributed by atoms with E-state index in [2.05, 4.69) is 5.32 Å². The third-order valence-corrected chi connectivity index (χ3v) is 6.70. The Balaban J connectivity index is 1.57. The number of carbonyl (C=O) groups is 1. The summed E-state index contributed by atoms with van der Waals surface area (Å²) >= 11 is 1.27. The number of methoxy groups -OCH3 is 3. The van der Waals surface area contributed by atoms with E-state index in [1.165, 1.54) is 33.1 Å². The molecule has 3 aromatic rings. The summed E-state index contributed by atoms with van der Waals surface area (Å²) in [5.74, 6) is 1.23. The summed E-state index contributed by atoms with van der Waals surface area (Å²) in [5.41, 5.74) is 1.12. The zero-order valence-electron chi connectivity index (χ0n) is 18.9. The van der Waals surface area contributed by atoms with Gasteiger partial charge in [0.1, 0.15) is 0 Å². The van der Waals surface area contributed by atoms with Crippen LogP contribution >= 0.6 is 11.8 Å². The molecular formula is C24H27N3O5S. The van der Waals surface area contributed by atoms with Crippen molar-refractivity contribution >= 4 is 34.3 Å². The van der Waals surface area contributed by atoms with Crippen LogP contribution in [-0.4, -0.2) is 42.5 Å². The predicted molar refractivity (Wildman–Crippen MR) is 129 cm³/mol. The molecule has 8 nitrogen and oxygen atoms in total. The number of nitrogens with one attached hydrogen (secondary N) is 1. The van der Waals surface area contributed by atoms with Gasteiger partial charge in [-0.15, -0.1) is 0 Å². The molecule has 0 radical (unpaired) electrons. The highest BCUT2D eigenvalue weighted by molar-refractivity contribution is 7.99. The van der Waals surface area contributed by atoms with E-state index in [9.17, 15) is 9.59 Å². The largest absolute Gasteiger partial charge is 0.493 e. The Hall–Kier alpha value is -3.20. The third-order valence-electron chi connectivity index (χ3n) is 5.75. The number of fused-ring (bicyclic) bond motifs is 1. The minimum absolute atomic E-state index is 0.0416. The minimum atomic E-state index is -0.227. The Labute approximate surface area is 196 Å². The summed E-state index contributed by atoms with van der Waals surface area (Å²) in [6, 6.07) is 10.8. The fourth-order valence-electron chi connectivity index (χ4n) is 4.19. The molecule has 0 aliphatic heterocycles. The molecule has 1 aliphatic rings. The van der Waals surface area contributed by atoms with Crippen LogP contribution in [-0.2, 0) is 4.79 Å². The number of hydrogen-bond acceptors (Lipinski definition) is 7. The first-order valence-corrected chi connectivity index (χ1v) is 11.8. The van der Waals surface area contributed by atoms with E-state index >= 15 is 0 Å². The molecule has 9 heteroatoms. The summed E-state index contributed by atoms with van der Waals surface area (Å²) in [7, 11) is 4.56. The topological polar surface area (TPSA) is 91.7 Å². The number of thioether (sulfide) groups is 1. The smallest absolute Gasteiger partial charge is 0.262 e. The summed E-state index contributed by atoms with van der Waals surface area (Å²) < 4.78 is 17.8. The normalized spacial score (nSPS) is 13.8. The van der Waals surface area contributed by atoms with E-state index in [-0.39, 0.29) is 23.3 Å². The number of anilines is 1. The van der Waals surface area contributed by atoms with Crippen molar-refractivity contribution in [2.45, 2.75) is 36.9 Å². The molecule has 1 saturated carbocycles. The van der Waals surface area contributed by atoms with Crippen LogP contribution in [0.2, 0.25) is 0 Å². The molecule has 1 amide bonds. The highest BCUT2D eigenvalue weighted by Gasteiger charge is 2.23. The van der Waals surface area contributed by atoms with Crippen molar-refractivity contribution in [2.24, 2.45) is 0 Å². The monoisotopic (exact) mass is 469 g/mol. The van der Waals surface area contributed by atoms with E-state index in [1.807, 2.05) is 24.3 Å². The van der Waals surface area contributed by atoms with E-state index in [4.69, 9.17) is 19.2 Å². The lowest BCUT2D eigenvalue weighted by Crippen LogP contribution is -2.27. The molecule has 0 saturated heterocycles. The number of amides is 1. The van der Waals surface area contributed by atoms with Crippen molar-refractivity contribution in [3.63, 3.8) is 0 Å². The first-order chi connectivity index (χ1) is 16.0. The van der Waals surface area contributed by atoms with Crippen molar-refractivity contribution in [2.75, 3.05) is 32.4 Å². The maximum absolute atomic E-state index is 13.2. The predicted octanol–water partition coefficient (Wildman–Crippen LogP) is 4.27. The number of ether oxygens (including phenoxy) is 3. The van der Waals surface area contributed by atoms with Crippen LogP contribution in [0.5, 0.6) is 17.2 Å². The Morgan fingerprint density at radius 3 is 2.39 bits per heavy atom. The van der Waals surface area contributed by atoms with Gasteiger partial charge in [0.15, 0.2) is 16.7 Å². The zero-order chi connectivity index (χ0) is 23.4. The van der Waals surface area contributed by atoms with Gasteiger partial charge in [-0.05, 0) is 25.0 Å². The maximum atomic E-state index is 13.2. The second kappa shape index (κ2) is 10.2. The van der Waals surface area contributed by atoms with Gasteiger partial charge in [-0.1, -0.05) is 36.7 Å². The Morgan fingerprint density at radius 1 is 1.09 bits per heavy atom. The molecule has 4 rings (SSSR count). The summed E-state index contributed by atoms with van der Waals surface area (Å²) in [5, 5.41) is 4.04. The summed E-state index contributed by atoms with van der Waals surface area (Å²) in [4.78, 5) is 30.7. The lowest BCUT2D eigenvalue weighted by atomic mass is 10.2. The van der Waals surface area contributed by atoms with Crippen LogP contribution in [0.3, 0.4) is 0 Å². The second-order valence-electron chi connectivity index (χ2n) is 7.78. The molecule has 33 heavy (non-hydrogen) atoms. The summed E-state index contributed by atoms with van der Waals surface area (Å²) in [6.07, 6.45) is 4.08. The molecule has 1 aliphatic carbocycles. The van der Waals surface area contributed by atoms with Crippen molar-refractivity contribution < 1.29 is 19.0 Å². The zero-order valence-corrected chi connectivity index (χ0v) is 19.7. The van der Waals surface area contributed by atoms with Gasteiger partial charge in [0.25, 0.3) is 5.56 Å². The van der Waals surface area contributed by atoms with E-state index in [0.29, 0.717) is 39.0 Å². The number of carbonyl (C=O) groups excluding carboxylic acids is 1. The van der Waals surface area contributed by atoms with E-state index < -0.39 is 0 Å². The molecule has 0 spiro atoms. The number of rotatable bonds is 8. The molecule has 0 bridgehead atoms. The fourth-order valence-corrected chi connectivity index (χ4v) is 5.06. The van der Waals surface area contributed by atoms with Crippen LogP contribution in [0.25, 0.3) is 10.9 Å². The highest BCUT2D eigenvalue weighted by Crippen LogP contribution is 2.40. The van der Waals surface area contributed by atoms with Crippen LogP contribution in [0, 0.1) is 0 Å². The van der Waals surface area contributed by atoms with Crippen LogP contribution in [0.15, 0.2) is 46.3 Å². The van der Waals surface area contributed by atoms with E-state index in [0.717, 1.165) is 25.7 Å². The number of nitrogens with zero attached hydrogens (tertiary/aromatic N) is 2. The van der Waals surface area contributed by atoms with Gasteiger partial charge in [-0.25, -0.2) is 4.98 Å². The maximum Gasteiger partial charge on any atom is 0.262 e. The second-order valence-corrected chi connectivity index (χ2v) is 8.72. The summed E-state index contributed by atoms with van der Waals surface area (Å²) in [6.45, 7) is 0. The standard InChI is InChI=1S/C24H27N3O5S/c1-30-19-12-15(13-20(31-2)22(19)32-3)25-21(28)14-33-24-26-18-11-7-6-10-17(18)23(29)27(24)16-8-4-5-9-16/h6-7,10-13,16H,4-5,8-9,14H2,1-3H3,(H,25,28). The quantitative estimate of drug-likeness (QED) is 0.389. The number of benzene rings is 2. The van der Waals surface area contributed by atoms with Gasteiger partial charge in [0.2, 0.25) is 11.7 Å². The SMILES string of the molecule is COc1cc(NC(=O)CSc2nc3ccccc3c(=O)n2C2CCCC2)cc(OC)c1OC. The average molecular weight is 470 g/mol. The van der Waals surface area contributed by atoms with Crippen LogP contribution < -0.4 is 25.1 Å². The molecule has 1 fully saturated rings. The highest BCUT2D eigenvalue weighted by atomic mass is 32.2. The van der Waals surface area contributed by atoms with Gasteiger partial charge in [-0.2, -0.15) is 0 Å².